The molecule has 1 N–H and O–H groups in total. The molecule has 1 aliphatic carbocycles. The van der Waals surface area contributed by atoms with Gasteiger partial charge in [0, 0.05) is 6.54 Å². The molecule has 3 nitrogen and oxygen atoms in total. The zero-order valence-corrected chi connectivity index (χ0v) is 14.9. The maximum Gasteiger partial charge on any atom is 0.0847 e. The van der Waals surface area contributed by atoms with Crippen LogP contribution in [0.1, 0.15) is 51.4 Å². The van der Waals surface area contributed by atoms with Gasteiger partial charge in [0.15, 0.2) is 0 Å². The Morgan fingerprint density at radius 3 is 2.71 bits per heavy atom. The van der Waals surface area contributed by atoms with Crippen LogP contribution in [-0.4, -0.2) is 23.4 Å². The summed E-state index contributed by atoms with van der Waals surface area (Å²) >= 11 is 6.51. The number of nitrogens with one attached hydrogen (secondary N) is 1. The van der Waals surface area contributed by atoms with Crippen molar-refractivity contribution >= 4 is 11.6 Å². The molecule has 0 saturated heterocycles. The Bertz CT molecular complexity index is 479. The van der Waals surface area contributed by atoms with Crippen molar-refractivity contribution in [3.63, 3.8) is 0 Å². The van der Waals surface area contributed by atoms with Gasteiger partial charge in [-0.25, -0.2) is 0 Å². The van der Waals surface area contributed by atoms with Crippen LogP contribution in [0.15, 0.2) is 0 Å². The fourth-order valence-corrected chi connectivity index (χ4v) is 4.08. The highest BCUT2D eigenvalue weighted by molar-refractivity contribution is 6.31. The minimum Gasteiger partial charge on any atom is -0.319 e. The van der Waals surface area contributed by atoms with Crippen LogP contribution < -0.4 is 5.32 Å². The maximum atomic E-state index is 6.51. The summed E-state index contributed by atoms with van der Waals surface area (Å²) in [6, 6.07) is 0. The Morgan fingerprint density at radius 1 is 1.38 bits per heavy atom. The molecule has 0 radical (unpaired) electrons. The van der Waals surface area contributed by atoms with Crippen LogP contribution >= 0.6 is 11.6 Å². The van der Waals surface area contributed by atoms with Gasteiger partial charge in [0.1, 0.15) is 0 Å². The molecule has 0 bridgehead atoms. The number of rotatable bonds is 5. The molecular formula is C17H30ClN3. The summed E-state index contributed by atoms with van der Waals surface area (Å²) in [5, 5.41) is 8.82. The predicted molar refractivity (Wildman–Crippen MR) is 89.9 cm³/mol. The molecule has 2 unspecified atom stereocenters. The lowest BCUT2D eigenvalue weighted by Gasteiger charge is -2.41. The molecule has 1 heterocycles. The Kier molecular flexibility index (Phi) is 5.37. The summed E-state index contributed by atoms with van der Waals surface area (Å²) in [6.07, 6.45) is 4.98. The average Bonchev–Trinajstić information content (AvgIpc) is 2.69. The SMILES string of the molecule is CCn1nc(C)c(Cl)c1CC1CC(C)(C)CCC1CNC. The highest BCUT2D eigenvalue weighted by Gasteiger charge is 2.35. The number of halogens is 1. The van der Waals surface area contributed by atoms with Gasteiger partial charge in [0.05, 0.1) is 16.4 Å². The second-order valence-electron chi connectivity index (χ2n) is 7.35. The number of nitrogens with zero attached hydrogens (tertiary/aromatic N) is 2. The molecule has 4 heteroatoms. The van der Waals surface area contributed by atoms with Gasteiger partial charge in [-0.1, -0.05) is 25.4 Å². The van der Waals surface area contributed by atoms with Crippen molar-refractivity contribution in [2.75, 3.05) is 13.6 Å². The van der Waals surface area contributed by atoms with Crippen LogP contribution in [0.25, 0.3) is 0 Å². The Hall–Kier alpha value is -0.540. The first-order chi connectivity index (χ1) is 9.88. The smallest absolute Gasteiger partial charge is 0.0847 e. The summed E-state index contributed by atoms with van der Waals surface area (Å²) < 4.78 is 2.09. The molecular weight excluding hydrogens is 282 g/mol. The number of aromatic nitrogens is 2. The Labute approximate surface area is 134 Å². The van der Waals surface area contributed by atoms with Crippen LogP contribution in [0, 0.1) is 24.2 Å². The molecule has 21 heavy (non-hydrogen) atoms. The molecule has 0 spiro atoms. The fraction of sp³-hybridized carbons (Fsp3) is 0.824. The summed E-state index contributed by atoms with van der Waals surface area (Å²) in [5.74, 6) is 1.44. The van der Waals surface area contributed by atoms with E-state index >= 15 is 0 Å². The highest BCUT2D eigenvalue weighted by atomic mass is 35.5. The number of hydrogen-bond acceptors (Lipinski definition) is 2. The van der Waals surface area contributed by atoms with Crippen molar-refractivity contribution in [1.29, 1.82) is 0 Å². The first kappa shape index (κ1) is 16.8. The van der Waals surface area contributed by atoms with Gasteiger partial charge in [-0.05, 0) is 70.4 Å². The Balaban J connectivity index is 2.21. The van der Waals surface area contributed by atoms with E-state index in [9.17, 15) is 0 Å². The van der Waals surface area contributed by atoms with E-state index in [0.717, 1.165) is 36.1 Å². The molecule has 1 fully saturated rings. The molecule has 0 aliphatic heterocycles. The zero-order valence-electron chi connectivity index (χ0n) is 14.2. The van der Waals surface area contributed by atoms with Gasteiger partial charge >= 0.3 is 0 Å². The molecule has 120 valence electrons. The van der Waals surface area contributed by atoms with Crippen molar-refractivity contribution in [1.82, 2.24) is 15.1 Å². The lowest BCUT2D eigenvalue weighted by Crippen LogP contribution is -2.36. The molecule has 0 aromatic carbocycles. The topological polar surface area (TPSA) is 29.9 Å². The fourth-order valence-electron chi connectivity index (χ4n) is 3.87. The predicted octanol–water partition coefficient (Wildman–Crippen LogP) is 4.07. The van der Waals surface area contributed by atoms with Crippen LogP contribution in [0.2, 0.25) is 5.02 Å². The van der Waals surface area contributed by atoms with E-state index in [1.54, 1.807) is 0 Å². The normalized spacial score (nSPS) is 25.2. The third-order valence-electron chi connectivity index (χ3n) is 5.05. The Morgan fingerprint density at radius 2 is 2.10 bits per heavy atom. The van der Waals surface area contributed by atoms with Crippen molar-refractivity contribution in [3.8, 4) is 0 Å². The number of aryl methyl sites for hydroxylation is 2. The standard InChI is InChI=1S/C17H30ClN3/c1-6-21-15(16(18)12(2)20-21)9-14-10-17(3,4)8-7-13(14)11-19-5/h13-14,19H,6-11H2,1-5H3. The summed E-state index contributed by atoms with van der Waals surface area (Å²) in [5.41, 5.74) is 2.65. The van der Waals surface area contributed by atoms with E-state index in [1.807, 2.05) is 6.92 Å². The third kappa shape index (κ3) is 3.81. The molecule has 1 saturated carbocycles. The molecule has 2 atom stereocenters. The van der Waals surface area contributed by atoms with E-state index in [-0.39, 0.29) is 0 Å². The van der Waals surface area contributed by atoms with Crippen LogP contribution in [0.3, 0.4) is 0 Å². The van der Waals surface area contributed by atoms with Crippen molar-refractivity contribution in [2.45, 2.75) is 59.9 Å². The minimum atomic E-state index is 0.452. The van der Waals surface area contributed by atoms with Crippen molar-refractivity contribution in [3.05, 3.63) is 16.4 Å². The quantitative estimate of drug-likeness (QED) is 0.888. The van der Waals surface area contributed by atoms with Gasteiger partial charge in [0.25, 0.3) is 0 Å². The first-order valence-electron chi connectivity index (χ1n) is 8.24. The summed E-state index contributed by atoms with van der Waals surface area (Å²) in [6.45, 7) is 11.0. The van der Waals surface area contributed by atoms with Gasteiger partial charge in [-0.2, -0.15) is 5.10 Å². The van der Waals surface area contributed by atoms with E-state index in [1.165, 1.54) is 25.0 Å². The van der Waals surface area contributed by atoms with Crippen LogP contribution in [0.5, 0.6) is 0 Å². The lowest BCUT2D eigenvalue weighted by atomic mass is 9.66. The average molecular weight is 312 g/mol. The first-order valence-corrected chi connectivity index (χ1v) is 8.62. The second-order valence-corrected chi connectivity index (χ2v) is 7.73. The van der Waals surface area contributed by atoms with Gasteiger partial charge in [-0.3, -0.25) is 4.68 Å². The monoisotopic (exact) mass is 311 g/mol. The van der Waals surface area contributed by atoms with E-state index in [0.29, 0.717) is 11.3 Å². The zero-order chi connectivity index (χ0) is 15.6. The largest absolute Gasteiger partial charge is 0.319 e. The van der Waals surface area contributed by atoms with E-state index < -0.39 is 0 Å². The van der Waals surface area contributed by atoms with Crippen LogP contribution in [0.4, 0.5) is 0 Å². The molecule has 2 rings (SSSR count). The van der Waals surface area contributed by atoms with Gasteiger partial charge < -0.3 is 5.32 Å². The molecule has 0 amide bonds. The van der Waals surface area contributed by atoms with E-state index in [4.69, 9.17) is 11.6 Å². The van der Waals surface area contributed by atoms with E-state index in [2.05, 4.69) is 42.9 Å². The van der Waals surface area contributed by atoms with Crippen molar-refractivity contribution < 1.29 is 0 Å². The van der Waals surface area contributed by atoms with Gasteiger partial charge in [0.2, 0.25) is 0 Å². The third-order valence-corrected chi connectivity index (χ3v) is 5.54. The summed E-state index contributed by atoms with van der Waals surface area (Å²) in [7, 11) is 2.06. The van der Waals surface area contributed by atoms with Crippen molar-refractivity contribution in [2.24, 2.45) is 17.3 Å². The summed E-state index contributed by atoms with van der Waals surface area (Å²) in [4.78, 5) is 0. The van der Waals surface area contributed by atoms with Gasteiger partial charge in [-0.15, -0.1) is 0 Å². The van der Waals surface area contributed by atoms with Crippen LogP contribution in [-0.2, 0) is 13.0 Å². The highest BCUT2D eigenvalue weighted by Crippen LogP contribution is 2.43. The molecule has 1 aliphatic rings. The second kappa shape index (κ2) is 6.70. The maximum absolute atomic E-state index is 6.51. The lowest BCUT2D eigenvalue weighted by molar-refractivity contribution is 0.116. The molecule has 1 aromatic rings. The number of hydrogen-bond donors (Lipinski definition) is 1. The minimum absolute atomic E-state index is 0.452. The molecule has 1 aromatic heterocycles.